The first kappa shape index (κ1) is 19.4. The van der Waals surface area contributed by atoms with Crippen molar-refractivity contribution in [1.82, 2.24) is 9.97 Å². The fourth-order valence-electron chi connectivity index (χ4n) is 4.31. The first-order chi connectivity index (χ1) is 15.1. The number of ether oxygens (including phenoxy) is 1. The molecule has 1 saturated carbocycles. The van der Waals surface area contributed by atoms with Gasteiger partial charge in [-0.05, 0) is 67.9 Å². The van der Waals surface area contributed by atoms with Crippen LogP contribution >= 0.6 is 0 Å². The van der Waals surface area contributed by atoms with E-state index in [1.54, 1.807) is 17.7 Å². The van der Waals surface area contributed by atoms with Crippen LogP contribution in [0.2, 0.25) is 0 Å². The molecule has 0 saturated heterocycles. The normalized spacial score (nSPS) is 18.3. The van der Waals surface area contributed by atoms with Crippen LogP contribution in [0.1, 0.15) is 60.3 Å². The number of benzene rings is 1. The van der Waals surface area contributed by atoms with Crippen molar-refractivity contribution in [3.05, 3.63) is 63.4 Å². The number of hydrogen-bond acceptors (Lipinski definition) is 6. The lowest BCUT2D eigenvalue weighted by Gasteiger charge is -2.23. The summed E-state index contributed by atoms with van der Waals surface area (Å²) in [4.78, 5) is 31.1. The highest BCUT2D eigenvalue weighted by Crippen LogP contribution is 2.37. The van der Waals surface area contributed by atoms with Crippen LogP contribution in [0.25, 0.3) is 11.1 Å². The van der Waals surface area contributed by atoms with E-state index < -0.39 is 5.97 Å². The van der Waals surface area contributed by atoms with E-state index in [1.165, 1.54) is 0 Å². The number of allylic oxidation sites excluding steroid dienone is 3. The second-order valence-electron chi connectivity index (χ2n) is 7.99. The molecule has 0 atom stereocenters. The van der Waals surface area contributed by atoms with Gasteiger partial charge in [-0.3, -0.25) is 4.79 Å². The van der Waals surface area contributed by atoms with Gasteiger partial charge in [-0.15, -0.1) is 5.53 Å². The zero-order valence-corrected chi connectivity index (χ0v) is 16.9. The number of aromatic carboxylic acids is 1. The van der Waals surface area contributed by atoms with E-state index in [-0.39, 0.29) is 17.2 Å². The standard InChI is InChI=1S/C22H23N5O4/c28-21-18-20(26-27-25-18)23-19(24-21)16-10-9-14(11-17(16)31-15-3-1-2-4-15)12-5-7-13(8-6-12)22(29)30/h5-8,11,15,25,27H,1-4,9-10H2,(H,29,30)(H2,23,24,26,28)/p+1. The Morgan fingerprint density at radius 1 is 1.13 bits per heavy atom. The zero-order valence-electron chi connectivity index (χ0n) is 16.9. The summed E-state index contributed by atoms with van der Waals surface area (Å²) in [5, 5.41) is 9.15. The van der Waals surface area contributed by atoms with Crippen molar-refractivity contribution >= 4 is 28.6 Å². The molecule has 0 amide bonds. The number of carboxylic acid groups (broad SMARTS) is 1. The first-order valence-corrected chi connectivity index (χ1v) is 10.5. The number of carbonyl (C=O) groups is 1. The smallest absolute Gasteiger partial charge is 0.335 e. The summed E-state index contributed by atoms with van der Waals surface area (Å²) in [7, 11) is 0. The average molecular weight is 422 g/mol. The minimum absolute atomic E-state index is 0.157. The molecule has 1 fully saturated rings. The van der Waals surface area contributed by atoms with E-state index in [1.807, 2.05) is 18.2 Å². The molecule has 3 aliphatic rings. The van der Waals surface area contributed by atoms with Gasteiger partial charge in [0.1, 0.15) is 11.6 Å². The van der Waals surface area contributed by atoms with E-state index in [9.17, 15) is 9.59 Å². The molecule has 1 aliphatic heterocycles. The Bertz CT molecular complexity index is 1140. The summed E-state index contributed by atoms with van der Waals surface area (Å²) < 4.78 is 6.40. The maximum absolute atomic E-state index is 12.5. The molecule has 31 heavy (non-hydrogen) atoms. The number of carboxylic acids is 1. The molecule has 0 spiro atoms. The highest BCUT2D eigenvalue weighted by molar-refractivity contribution is 5.88. The molecular formula is C22H24N5O4+. The van der Waals surface area contributed by atoms with Crippen LogP contribution in [0.3, 0.4) is 0 Å². The Morgan fingerprint density at radius 3 is 2.65 bits per heavy atom. The molecule has 6 N–H and O–H groups in total. The van der Waals surface area contributed by atoms with Crippen molar-refractivity contribution in [2.24, 2.45) is 0 Å². The fourth-order valence-corrected chi connectivity index (χ4v) is 4.31. The second kappa shape index (κ2) is 7.92. The van der Waals surface area contributed by atoms with Crippen molar-refractivity contribution in [3.63, 3.8) is 0 Å². The van der Waals surface area contributed by atoms with Gasteiger partial charge in [0.2, 0.25) is 5.82 Å². The minimum atomic E-state index is -0.941. The van der Waals surface area contributed by atoms with Crippen LogP contribution in [0.15, 0.2) is 40.9 Å². The van der Waals surface area contributed by atoms with Crippen LogP contribution in [0.5, 0.6) is 0 Å². The number of aromatic nitrogens is 2. The van der Waals surface area contributed by atoms with Crippen molar-refractivity contribution in [2.75, 3.05) is 10.9 Å². The van der Waals surface area contributed by atoms with Gasteiger partial charge in [-0.1, -0.05) is 12.1 Å². The molecule has 1 aromatic carbocycles. The van der Waals surface area contributed by atoms with Gasteiger partial charge >= 0.3 is 5.97 Å². The van der Waals surface area contributed by atoms with Gasteiger partial charge < -0.3 is 14.8 Å². The highest BCUT2D eigenvalue weighted by atomic mass is 16.5. The van der Waals surface area contributed by atoms with Gasteiger partial charge in [0.25, 0.3) is 5.56 Å². The fraction of sp³-hybridized carbons (Fsp3) is 0.318. The summed E-state index contributed by atoms with van der Waals surface area (Å²) in [5.74, 6) is 0.806. The largest absolute Gasteiger partial charge is 0.490 e. The number of anilines is 2. The average Bonchev–Trinajstić information content (AvgIpc) is 3.46. The molecule has 9 heteroatoms. The van der Waals surface area contributed by atoms with E-state index in [0.717, 1.165) is 54.6 Å². The van der Waals surface area contributed by atoms with E-state index in [2.05, 4.69) is 20.8 Å². The number of H-pyrrole nitrogens is 1. The molecule has 2 aromatic rings. The van der Waals surface area contributed by atoms with Crippen molar-refractivity contribution < 1.29 is 20.2 Å². The van der Waals surface area contributed by atoms with Gasteiger partial charge in [-0.2, -0.15) is 5.43 Å². The first-order valence-electron chi connectivity index (χ1n) is 10.5. The van der Waals surface area contributed by atoms with Crippen LogP contribution in [0.4, 0.5) is 11.5 Å². The maximum Gasteiger partial charge on any atom is 0.335 e. The third-order valence-corrected chi connectivity index (χ3v) is 5.98. The summed E-state index contributed by atoms with van der Waals surface area (Å²) in [6.45, 7) is 0. The number of nitrogen functional groups attached to an aromatic ring is 2. The number of quaternary nitrogens is 1. The Kier molecular flexibility index (Phi) is 4.95. The summed E-state index contributed by atoms with van der Waals surface area (Å²) >= 11 is 0. The lowest BCUT2D eigenvalue weighted by molar-refractivity contribution is -0.588. The zero-order chi connectivity index (χ0) is 21.4. The molecule has 2 heterocycles. The van der Waals surface area contributed by atoms with Gasteiger partial charge in [0.15, 0.2) is 5.69 Å². The molecule has 0 radical (unpaired) electrons. The number of fused-ring (bicyclic) bond motifs is 1. The Morgan fingerprint density at radius 2 is 1.90 bits per heavy atom. The third kappa shape index (κ3) is 3.79. The van der Waals surface area contributed by atoms with Crippen LogP contribution in [-0.2, 0) is 4.74 Å². The number of nitrogens with two attached hydrogens (primary N) is 1. The lowest BCUT2D eigenvalue weighted by atomic mass is 9.91. The predicted molar refractivity (Wildman–Crippen MR) is 115 cm³/mol. The van der Waals surface area contributed by atoms with Crippen molar-refractivity contribution in [2.45, 2.75) is 44.6 Å². The molecule has 0 unspecified atom stereocenters. The molecule has 2 aliphatic carbocycles. The Labute approximate surface area is 178 Å². The summed E-state index contributed by atoms with van der Waals surface area (Å²) in [5.41, 5.74) is 10.8. The quantitative estimate of drug-likeness (QED) is 0.467. The molecule has 0 bridgehead atoms. The van der Waals surface area contributed by atoms with Crippen LogP contribution < -0.4 is 21.9 Å². The molecular weight excluding hydrogens is 398 g/mol. The predicted octanol–water partition coefficient (Wildman–Crippen LogP) is 2.25. The van der Waals surface area contributed by atoms with Crippen molar-refractivity contribution in [3.8, 4) is 0 Å². The van der Waals surface area contributed by atoms with E-state index in [0.29, 0.717) is 23.8 Å². The number of nitrogens with zero attached hydrogens (tertiary/aromatic N) is 1. The van der Waals surface area contributed by atoms with E-state index >= 15 is 0 Å². The Balaban J connectivity index is 1.54. The number of hydrogen-bond donors (Lipinski definition) is 5. The van der Waals surface area contributed by atoms with Gasteiger partial charge in [0, 0.05) is 5.57 Å². The Hall–Kier alpha value is -3.59. The van der Waals surface area contributed by atoms with Crippen molar-refractivity contribution in [1.29, 1.82) is 0 Å². The van der Waals surface area contributed by atoms with Gasteiger partial charge in [0.05, 0.1) is 11.7 Å². The monoisotopic (exact) mass is 422 g/mol. The third-order valence-electron chi connectivity index (χ3n) is 5.98. The molecule has 5 rings (SSSR count). The number of nitrogens with one attached hydrogen (secondary N) is 3. The van der Waals surface area contributed by atoms with E-state index in [4.69, 9.17) is 9.84 Å². The number of aromatic amines is 1. The van der Waals surface area contributed by atoms with Gasteiger partial charge in [-0.25, -0.2) is 15.2 Å². The minimum Gasteiger partial charge on any atom is -0.490 e. The molecule has 9 nitrogen and oxygen atoms in total. The summed E-state index contributed by atoms with van der Waals surface area (Å²) in [6.07, 6.45) is 7.90. The molecule has 1 aromatic heterocycles. The topological polar surface area (TPSA) is 133 Å². The highest BCUT2D eigenvalue weighted by Gasteiger charge is 2.26. The molecule has 160 valence electrons. The second-order valence-corrected chi connectivity index (χ2v) is 7.99. The number of rotatable bonds is 5. The maximum atomic E-state index is 12.5. The SMILES string of the molecule is O=C(O)c1ccc(C2=CC(OC3CCCC3)=C(c3nc4c(c(=O)[nH]3)N[NH2+]N4)CC2)cc1. The van der Waals surface area contributed by atoms with Crippen LogP contribution in [0, 0.1) is 0 Å². The van der Waals surface area contributed by atoms with Crippen LogP contribution in [-0.4, -0.2) is 27.1 Å². The summed E-state index contributed by atoms with van der Waals surface area (Å²) in [6, 6.07) is 6.89. The lowest BCUT2D eigenvalue weighted by Crippen LogP contribution is -2.89.